The first-order valence-electron chi connectivity index (χ1n) is 11.4. The van der Waals surface area contributed by atoms with Gasteiger partial charge in [0.2, 0.25) is 5.78 Å². The zero-order valence-corrected chi connectivity index (χ0v) is 21.3. The minimum Gasteiger partial charge on any atom is -0.347 e. The van der Waals surface area contributed by atoms with Crippen molar-refractivity contribution in [2.45, 2.75) is 38.5 Å². The first-order valence-corrected chi connectivity index (χ1v) is 13.2. The molecule has 0 spiro atoms. The van der Waals surface area contributed by atoms with Crippen LogP contribution in [0, 0.1) is 0 Å². The molecule has 4 aromatic rings. The molecule has 0 unspecified atom stereocenters. The largest absolute Gasteiger partial charge is 0.511 e. The molecule has 1 aliphatic heterocycles. The molecule has 3 aromatic heterocycles. The van der Waals surface area contributed by atoms with Gasteiger partial charge in [0.05, 0.1) is 30.0 Å². The standard InChI is InChI=1S/C22H20ClF3N8O3S/c1-2-16-18(33-11-15(23)10-28-21(33)29-16)20(35)27-9-13-3-5-14(6-4-13)19-30-17-12-32(7-8-34(17)31-19)38(36,37)22(24,25)26/h3-6,10-11H,2,7-9,12H2,1H3,(H,27,35). The summed E-state index contributed by atoms with van der Waals surface area (Å²) < 4.78 is 65.5. The van der Waals surface area contributed by atoms with Crippen LogP contribution in [-0.2, 0) is 36.1 Å². The average molecular weight is 569 g/mol. The molecule has 0 atom stereocenters. The molecule has 0 saturated carbocycles. The number of carbonyl (C=O) groups is 1. The summed E-state index contributed by atoms with van der Waals surface area (Å²) >= 11 is 6.04. The molecule has 1 aliphatic rings. The molecular weight excluding hydrogens is 549 g/mol. The summed E-state index contributed by atoms with van der Waals surface area (Å²) in [5.74, 6) is 0.397. The second-order valence-electron chi connectivity index (χ2n) is 8.44. The quantitative estimate of drug-likeness (QED) is 0.379. The maximum Gasteiger partial charge on any atom is 0.511 e. The lowest BCUT2D eigenvalue weighted by atomic mass is 10.1. The smallest absolute Gasteiger partial charge is 0.347 e. The van der Waals surface area contributed by atoms with E-state index in [0.29, 0.717) is 38.5 Å². The summed E-state index contributed by atoms with van der Waals surface area (Å²) in [4.78, 5) is 25.7. The van der Waals surface area contributed by atoms with Gasteiger partial charge in [0.1, 0.15) is 11.5 Å². The second kappa shape index (κ2) is 9.63. The molecular formula is C22H20ClF3N8O3S. The Labute approximate surface area is 219 Å². The fourth-order valence-corrected chi connectivity index (χ4v) is 5.11. The van der Waals surface area contributed by atoms with E-state index >= 15 is 0 Å². The molecule has 0 aliphatic carbocycles. The van der Waals surface area contributed by atoms with Crippen LogP contribution in [0.3, 0.4) is 0 Å². The predicted molar refractivity (Wildman–Crippen MR) is 129 cm³/mol. The summed E-state index contributed by atoms with van der Waals surface area (Å²) in [6.07, 6.45) is 3.56. The number of sulfonamides is 1. The number of rotatable bonds is 6. The third-order valence-electron chi connectivity index (χ3n) is 6.00. The van der Waals surface area contributed by atoms with Gasteiger partial charge in [0, 0.05) is 24.8 Å². The fraction of sp³-hybridized carbons (Fsp3) is 0.318. The van der Waals surface area contributed by atoms with Crippen LogP contribution in [0.5, 0.6) is 0 Å². The normalized spacial score (nSPS) is 14.6. The minimum atomic E-state index is -5.45. The van der Waals surface area contributed by atoms with Crippen LogP contribution in [0.4, 0.5) is 13.2 Å². The van der Waals surface area contributed by atoms with Crippen LogP contribution in [0.1, 0.15) is 34.5 Å². The highest BCUT2D eigenvalue weighted by atomic mass is 35.5. The zero-order chi connectivity index (χ0) is 27.2. The maximum absolute atomic E-state index is 13.0. The molecule has 38 heavy (non-hydrogen) atoms. The van der Waals surface area contributed by atoms with Crippen molar-refractivity contribution >= 4 is 33.3 Å². The molecule has 1 amide bonds. The lowest BCUT2D eigenvalue weighted by Gasteiger charge is -2.26. The number of benzene rings is 1. The van der Waals surface area contributed by atoms with Crippen LogP contribution in [0.2, 0.25) is 5.02 Å². The molecule has 11 nitrogen and oxygen atoms in total. The number of aromatic nitrogens is 6. The highest BCUT2D eigenvalue weighted by molar-refractivity contribution is 7.89. The van der Waals surface area contributed by atoms with Crippen LogP contribution in [0.15, 0.2) is 36.7 Å². The highest BCUT2D eigenvalue weighted by Crippen LogP contribution is 2.29. The van der Waals surface area contributed by atoms with Crippen LogP contribution >= 0.6 is 11.6 Å². The Balaban J connectivity index is 1.28. The third-order valence-corrected chi connectivity index (χ3v) is 7.77. The van der Waals surface area contributed by atoms with Gasteiger partial charge in [-0.2, -0.15) is 22.6 Å². The first-order chi connectivity index (χ1) is 18.0. The molecule has 0 saturated heterocycles. The maximum atomic E-state index is 13.0. The van der Waals surface area contributed by atoms with E-state index in [0.717, 1.165) is 5.56 Å². The molecule has 1 aromatic carbocycles. The monoisotopic (exact) mass is 568 g/mol. The van der Waals surface area contributed by atoms with E-state index in [1.807, 2.05) is 6.92 Å². The summed E-state index contributed by atoms with van der Waals surface area (Å²) in [5.41, 5.74) is -3.08. The number of aryl methyl sites for hydroxylation is 1. The first kappa shape index (κ1) is 26.1. The Hall–Kier alpha value is -3.56. The molecule has 5 rings (SSSR count). The van der Waals surface area contributed by atoms with Crippen molar-refractivity contribution in [3.63, 3.8) is 0 Å². The van der Waals surface area contributed by atoms with Crippen LogP contribution < -0.4 is 5.32 Å². The van der Waals surface area contributed by atoms with E-state index in [4.69, 9.17) is 11.6 Å². The van der Waals surface area contributed by atoms with Crippen molar-refractivity contribution in [3.05, 3.63) is 64.5 Å². The fourth-order valence-electron chi connectivity index (χ4n) is 4.07. The van der Waals surface area contributed by atoms with Crippen molar-refractivity contribution in [1.29, 1.82) is 0 Å². The van der Waals surface area contributed by atoms with E-state index in [-0.39, 0.29) is 37.2 Å². The van der Waals surface area contributed by atoms with E-state index in [2.05, 4.69) is 25.4 Å². The zero-order valence-electron chi connectivity index (χ0n) is 19.8. The number of fused-ring (bicyclic) bond motifs is 2. The molecule has 0 bridgehead atoms. The van der Waals surface area contributed by atoms with Gasteiger partial charge in [0.15, 0.2) is 5.82 Å². The molecule has 16 heteroatoms. The average Bonchev–Trinajstić information content (AvgIpc) is 3.47. The topological polar surface area (TPSA) is 127 Å². The Morgan fingerprint density at radius 1 is 1.16 bits per heavy atom. The van der Waals surface area contributed by atoms with Crippen molar-refractivity contribution in [3.8, 4) is 11.4 Å². The Bertz CT molecular complexity index is 1630. The number of halogens is 4. The van der Waals surface area contributed by atoms with Gasteiger partial charge in [0.25, 0.3) is 5.91 Å². The van der Waals surface area contributed by atoms with Gasteiger partial charge in [-0.3, -0.25) is 9.20 Å². The summed E-state index contributed by atoms with van der Waals surface area (Å²) in [6.45, 7) is 1.16. The summed E-state index contributed by atoms with van der Waals surface area (Å²) in [7, 11) is -5.45. The highest BCUT2D eigenvalue weighted by Gasteiger charge is 2.50. The van der Waals surface area contributed by atoms with E-state index in [1.54, 1.807) is 34.9 Å². The Morgan fingerprint density at radius 3 is 2.58 bits per heavy atom. The number of nitrogens with zero attached hydrogens (tertiary/aromatic N) is 7. The molecule has 0 radical (unpaired) electrons. The summed E-state index contributed by atoms with van der Waals surface area (Å²) in [6, 6.07) is 6.93. The van der Waals surface area contributed by atoms with Crippen molar-refractivity contribution in [2.24, 2.45) is 0 Å². The Kier molecular flexibility index (Phi) is 6.61. The third kappa shape index (κ3) is 4.72. The number of imidazole rings is 1. The predicted octanol–water partition coefficient (Wildman–Crippen LogP) is 2.80. The van der Waals surface area contributed by atoms with Crippen molar-refractivity contribution in [1.82, 2.24) is 38.8 Å². The van der Waals surface area contributed by atoms with Gasteiger partial charge in [-0.25, -0.2) is 28.1 Å². The number of carbonyl (C=O) groups excluding carboxylic acids is 1. The molecule has 1 N–H and O–H groups in total. The molecule has 4 heterocycles. The number of hydrogen-bond acceptors (Lipinski definition) is 7. The molecule has 0 fully saturated rings. The number of nitrogens with one attached hydrogen (secondary N) is 1. The van der Waals surface area contributed by atoms with E-state index < -0.39 is 22.1 Å². The van der Waals surface area contributed by atoms with E-state index in [1.165, 1.54) is 10.9 Å². The second-order valence-corrected chi connectivity index (χ2v) is 10.8. The van der Waals surface area contributed by atoms with Gasteiger partial charge in [-0.15, -0.1) is 0 Å². The van der Waals surface area contributed by atoms with Crippen LogP contribution in [0.25, 0.3) is 17.2 Å². The number of amides is 1. The number of alkyl halides is 3. The van der Waals surface area contributed by atoms with Crippen molar-refractivity contribution < 1.29 is 26.4 Å². The van der Waals surface area contributed by atoms with Gasteiger partial charge in [-0.1, -0.05) is 42.8 Å². The minimum absolute atomic E-state index is 0.0501. The van der Waals surface area contributed by atoms with E-state index in [9.17, 15) is 26.4 Å². The lowest BCUT2D eigenvalue weighted by Crippen LogP contribution is -2.44. The van der Waals surface area contributed by atoms with Crippen LogP contribution in [-0.4, -0.2) is 59.8 Å². The SMILES string of the molecule is CCc1nc2ncc(Cl)cn2c1C(=O)NCc1ccc(-c2nc3n(n2)CCN(S(=O)(=O)C(F)(F)F)C3)cc1. The van der Waals surface area contributed by atoms with Crippen molar-refractivity contribution in [2.75, 3.05) is 6.54 Å². The lowest BCUT2D eigenvalue weighted by molar-refractivity contribution is -0.0496. The van der Waals surface area contributed by atoms with Gasteiger partial charge >= 0.3 is 15.5 Å². The Morgan fingerprint density at radius 2 is 1.89 bits per heavy atom. The number of hydrogen-bond donors (Lipinski definition) is 1. The molecule has 200 valence electrons. The van der Waals surface area contributed by atoms with Gasteiger partial charge in [-0.05, 0) is 12.0 Å². The summed E-state index contributed by atoms with van der Waals surface area (Å²) in [5, 5.41) is 7.52. The van der Waals surface area contributed by atoms with Gasteiger partial charge < -0.3 is 5.32 Å².